The molecule has 0 saturated heterocycles. The summed E-state index contributed by atoms with van der Waals surface area (Å²) < 4.78 is 15.5. The molecule has 0 unspecified atom stereocenters. The molecule has 5 nitrogen and oxygen atoms in total. The third kappa shape index (κ3) is 2.58. The molecule has 0 N–H and O–H groups in total. The van der Waals surface area contributed by atoms with Crippen LogP contribution in [0.15, 0.2) is 29.3 Å². The maximum atomic E-state index is 13.6. The van der Waals surface area contributed by atoms with E-state index in [1.165, 1.54) is 23.4 Å². The zero-order valence-corrected chi connectivity index (χ0v) is 12.2. The SMILES string of the molecule is O=C(Cn1cncn1)N1CCc2cc(Br)c(F)cc2C1. The summed E-state index contributed by atoms with van der Waals surface area (Å²) in [6.45, 7) is 1.24. The van der Waals surface area contributed by atoms with Crippen LogP contribution in [0.2, 0.25) is 0 Å². The third-order valence-corrected chi connectivity index (χ3v) is 3.98. The lowest BCUT2D eigenvalue weighted by molar-refractivity contribution is -0.133. The largest absolute Gasteiger partial charge is 0.336 e. The first-order valence-corrected chi connectivity index (χ1v) is 7.00. The Balaban J connectivity index is 1.75. The van der Waals surface area contributed by atoms with Crippen LogP contribution in [0.5, 0.6) is 0 Å². The summed E-state index contributed by atoms with van der Waals surface area (Å²) >= 11 is 3.18. The number of fused-ring (bicyclic) bond motifs is 1. The Morgan fingerprint density at radius 1 is 1.40 bits per heavy atom. The number of rotatable bonds is 2. The molecule has 1 aromatic carbocycles. The van der Waals surface area contributed by atoms with E-state index in [0.717, 1.165) is 17.5 Å². The molecule has 1 aliphatic heterocycles. The highest BCUT2D eigenvalue weighted by Gasteiger charge is 2.22. The van der Waals surface area contributed by atoms with Crippen LogP contribution in [0.25, 0.3) is 0 Å². The number of benzene rings is 1. The average Bonchev–Trinajstić information content (AvgIpc) is 2.92. The zero-order valence-electron chi connectivity index (χ0n) is 10.6. The number of hydrogen-bond donors (Lipinski definition) is 0. The van der Waals surface area contributed by atoms with Crippen molar-refractivity contribution in [2.75, 3.05) is 6.54 Å². The molecular formula is C13H12BrFN4O. The highest BCUT2D eigenvalue weighted by Crippen LogP contribution is 2.25. The standard InChI is InChI=1S/C13H12BrFN4O/c14-11-3-9-1-2-18(5-10(9)4-12(11)15)13(20)6-19-8-16-7-17-19/h3-4,7-8H,1-2,5-6H2. The van der Waals surface area contributed by atoms with Crippen LogP contribution in [0.1, 0.15) is 11.1 Å². The van der Waals surface area contributed by atoms with Gasteiger partial charge < -0.3 is 4.90 Å². The molecule has 0 radical (unpaired) electrons. The number of amides is 1. The maximum Gasteiger partial charge on any atom is 0.244 e. The predicted molar refractivity (Wildman–Crippen MR) is 73.2 cm³/mol. The zero-order chi connectivity index (χ0) is 14.1. The minimum atomic E-state index is -0.297. The van der Waals surface area contributed by atoms with Gasteiger partial charge in [-0.05, 0) is 45.6 Å². The number of hydrogen-bond acceptors (Lipinski definition) is 3. The van der Waals surface area contributed by atoms with Crippen molar-refractivity contribution in [2.45, 2.75) is 19.5 Å². The van der Waals surface area contributed by atoms with Crippen molar-refractivity contribution in [1.29, 1.82) is 0 Å². The van der Waals surface area contributed by atoms with Crippen molar-refractivity contribution in [1.82, 2.24) is 19.7 Å². The van der Waals surface area contributed by atoms with Crippen molar-refractivity contribution in [3.05, 3.63) is 46.2 Å². The van der Waals surface area contributed by atoms with Gasteiger partial charge in [-0.3, -0.25) is 4.79 Å². The third-order valence-electron chi connectivity index (χ3n) is 3.37. The van der Waals surface area contributed by atoms with Crippen molar-refractivity contribution in [2.24, 2.45) is 0 Å². The molecule has 0 fully saturated rings. The molecule has 2 heterocycles. The van der Waals surface area contributed by atoms with Gasteiger partial charge in [-0.15, -0.1) is 0 Å². The Labute approximate surface area is 123 Å². The number of aromatic nitrogens is 3. The second-order valence-corrected chi connectivity index (χ2v) is 5.55. The van der Waals surface area contributed by atoms with Gasteiger partial charge in [0.2, 0.25) is 5.91 Å². The van der Waals surface area contributed by atoms with E-state index >= 15 is 0 Å². The summed E-state index contributed by atoms with van der Waals surface area (Å²) in [5.41, 5.74) is 1.95. The Hall–Kier alpha value is -1.76. The molecule has 0 saturated carbocycles. The topological polar surface area (TPSA) is 51.0 Å². The van der Waals surface area contributed by atoms with E-state index in [0.29, 0.717) is 17.6 Å². The summed E-state index contributed by atoms with van der Waals surface area (Å²) in [7, 11) is 0. The molecule has 1 aliphatic rings. The monoisotopic (exact) mass is 338 g/mol. The Kier molecular flexibility index (Phi) is 3.52. The number of carbonyl (C=O) groups excluding carboxylic acids is 1. The number of carbonyl (C=O) groups is 1. The van der Waals surface area contributed by atoms with Crippen LogP contribution in [0.4, 0.5) is 4.39 Å². The smallest absolute Gasteiger partial charge is 0.244 e. The maximum absolute atomic E-state index is 13.6. The fraction of sp³-hybridized carbons (Fsp3) is 0.308. The normalized spacial score (nSPS) is 14.2. The molecule has 1 aromatic heterocycles. The molecule has 0 atom stereocenters. The average molecular weight is 339 g/mol. The van der Waals surface area contributed by atoms with Crippen LogP contribution in [-0.4, -0.2) is 32.1 Å². The molecule has 2 aromatic rings. The first kappa shape index (κ1) is 13.2. The lowest BCUT2D eigenvalue weighted by Gasteiger charge is -2.29. The minimum Gasteiger partial charge on any atom is -0.336 e. The second kappa shape index (κ2) is 5.32. The van der Waals surface area contributed by atoms with E-state index in [-0.39, 0.29) is 18.3 Å². The van der Waals surface area contributed by atoms with Gasteiger partial charge in [0.25, 0.3) is 0 Å². The molecule has 0 bridgehead atoms. The number of nitrogens with zero attached hydrogens (tertiary/aromatic N) is 4. The van der Waals surface area contributed by atoms with E-state index < -0.39 is 0 Å². The van der Waals surface area contributed by atoms with Gasteiger partial charge in [-0.1, -0.05) is 0 Å². The summed E-state index contributed by atoms with van der Waals surface area (Å²) in [5, 5.41) is 3.91. The van der Waals surface area contributed by atoms with Crippen LogP contribution in [-0.2, 0) is 24.3 Å². The first-order chi connectivity index (χ1) is 9.63. The van der Waals surface area contributed by atoms with Gasteiger partial charge >= 0.3 is 0 Å². The van der Waals surface area contributed by atoms with E-state index in [9.17, 15) is 9.18 Å². The first-order valence-electron chi connectivity index (χ1n) is 6.20. The molecule has 0 spiro atoms. The minimum absolute atomic E-state index is 0.0375. The van der Waals surface area contributed by atoms with E-state index in [1.54, 1.807) is 11.0 Å². The van der Waals surface area contributed by atoms with Gasteiger partial charge in [-0.2, -0.15) is 5.10 Å². The van der Waals surface area contributed by atoms with Gasteiger partial charge in [0, 0.05) is 13.1 Å². The van der Waals surface area contributed by atoms with Gasteiger partial charge in [0.05, 0.1) is 4.47 Å². The predicted octanol–water partition coefficient (Wildman–Crippen LogP) is 1.76. The van der Waals surface area contributed by atoms with E-state index in [4.69, 9.17) is 0 Å². The molecule has 20 heavy (non-hydrogen) atoms. The van der Waals surface area contributed by atoms with Crippen LogP contribution >= 0.6 is 15.9 Å². The van der Waals surface area contributed by atoms with Crippen LogP contribution in [0.3, 0.4) is 0 Å². The Morgan fingerprint density at radius 2 is 2.25 bits per heavy atom. The Morgan fingerprint density at radius 3 is 3.00 bits per heavy atom. The van der Waals surface area contributed by atoms with Crippen LogP contribution in [0, 0.1) is 5.82 Å². The van der Waals surface area contributed by atoms with E-state index in [1.807, 2.05) is 0 Å². The summed E-state index contributed by atoms with van der Waals surface area (Å²) in [4.78, 5) is 17.7. The quantitative estimate of drug-likeness (QED) is 0.838. The van der Waals surface area contributed by atoms with Crippen molar-refractivity contribution >= 4 is 21.8 Å². The molecule has 104 valence electrons. The molecule has 1 amide bonds. The lowest BCUT2D eigenvalue weighted by Crippen LogP contribution is -2.38. The highest BCUT2D eigenvalue weighted by molar-refractivity contribution is 9.10. The summed E-state index contributed by atoms with van der Waals surface area (Å²) in [5.74, 6) is -0.334. The summed E-state index contributed by atoms with van der Waals surface area (Å²) in [6, 6.07) is 3.29. The molecular weight excluding hydrogens is 327 g/mol. The lowest BCUT2D eigenvalue weighted by atomic mass is 9.99. The van der Waals surface area contributed by atoms with Crippen molar-refractivity contribution in [3.63, 3.8) is 0 Å². The second-order valence-electron chi connectivity index (χ2n) is 4.69. The van der Waals surface area contributed by atoms with E-state index in [2.05, 4.69) is 26.0 Å². The Bertz CT molecular complexity index is 644. The number of halogens is 2. The fourth-order valence-corrected chi connectivity index (χ4v) is 2.71. The highest BCUT2D eigenvalue weighted by atomic mass is 79.9. The van der Waals surface area contributed by atoms with Crippen LogP contribution < -0.4 is 0 Å². The molecule has 3 rings (SSSR count). The van der Waals surface area contributed by atoms with Gasteiger partial charge in [-0.25, -0.2) is 14.1 Å². The van der Waals surface area contributed by atoms with Gasteiger partial charge in [0.1, 0.15) is 25.0 Å². The van der Waals surface area contributed by atoms with Gasteiger partial charge in [0.15, 0.2) is 0 Å². The molecule has 0 aliphatic carbocycles. The summed E-state index contributed by atoms with van der Waals surface area (Å²) in [6.07, 6.45) is 3.63. The fourth-order valence-electron chi connectivity index (χ4n) is 2.32. The van der Waals surface area contributed by atoms with Crippen molar-refractivity contribution < 1.29 is 9.18 Å². The molecule has 7 heteroatoms. The van der Waals surface area contributed by atoms with Crippen molar-refractivity contribution in [3.8, 4) is 0 Å².